The Balaban J connectivity index is 1.88. The van der Waals surface area contributed by atoms with E-state index in [0.717, 1.165) is 12.8 Å². The molecule has 2 amide bonds. The number of aliphatic carboxylic acids is 1. The maximum Gasteiger partial charge on any atom is 0.307 e. The van der Waals surface area contributed by atoms with Gasteiger partial charge in [-0.3, -0.25) is 25.2 Å². The van der Waals surface area contributed by atoms with Crippen LogP contribution in [-0.2, 0) is 14.4 Å². The molecule has 0 spiro atoms. The number of hydrazine groups is 1. The number of amides is 2. The van der Waals surface area contributed by atoms with E-state index in [2.05, 4.69) is 10.9 Å². The van der Waals surface area contributed by atoms with Crippen LogP contribution in [0.2, 0.25) is 10.0 Å². The first-order valence-electron chi connectivity index (χ1n) is 8.24. The molecule has 9 heteroatoms. The molecule has 1 aromatic carbocycles. The Hall–Kier alpha value is -1.99. The standard InChI is InChI=1S/C17H20Cl2N2O5/c1-9(26-14-7-6-10(18)8-13(14)19)15(22)20-21-16(23)11-4-2-3-5-12(11)17(24)25/h6-9,11-12H,2-5H2,1H3,(H,20,22)(H,21,23)(H,24,25)/t9?,11?,12-/m0/s1. The van der Waals surface area contributed by atoms with Gasteiger partial charge in [0.25, 0.3) is 5.91 Å². The highest BCUT2D eigenvalue weighted by Gasteiger charge is 2.36. The Bertz CT molecular complexity index is 698. The molecule has 0 saturated heterocycles. The predicted octanol–water partition coefficient (Wildman–Crippen LogP) is 2.80. The maximum absolute atomic E-state index is 12.2. The summed E-state index contributed by atoms with van der Waals surface area (Å²) in [4.78, 5) is 35.6. The summed E-state index contributed by atoms with van der Waals surface area (Å²) < 4.78 is 5.45. The number of hydrogen-bond donors (Lipinski definition) is 3. The molecule has 2 rings (SSSR count). The van der Waals surface area contributed by atoms with E-state index in [1.807, 2.05) is 0 Å². The lowest BCUT2D eigenvalue weighted by molar-refractivity contribution is -0.149. The quantitative estimate of drug-likeness (QED) is 0.656. The van der Waals surface area contributed by atoms with Gasteiger partial charge < -0.3 is 9.84 Å². The van der Waals surface area contributed by atoms with E-state index in [9.17, 15) is 19.5 Å². The number of carboxylic acid groups (broad SMARTS) is 1. The number of carbonyl (C=O) groups excluding carboxylic acids is 2. The number of ether oxygens (including phenoxy) is 1. The normalized spacial score (nSPS) is 20.7. The van der Waals surface area contributed by atoms with Crippen LogP contribution in [0.1, 0.15) is 32.6 Å². The maximum atomic E-state index is 12.2. The lowest BCUT2D eigenvalue weighted by atomic mass is 9.79. The topological polar surface area (TPSA) is 105 Å². The first-order chi connectivity index (χ1) is 12.3. The Morgan fingerprint density at radius 3 is 2.42 bits per heavy atom. The Kier molecular flexibility index (Phi) is 7.11. The van der Waals surface area contributed by atoms with E-state index in [-0.39, 0.29) is 10.8 Å². The van der Waals surface area contributed by atoms with E-state index < -0.39 is 35.7 Å². The van der Waals surface area contributed by atoms with Crippen LogP contribution in [0, 0.1) is 11.8 Å². The number of rotatable bonds is 5. The summed E-state index contributed by atoms with van der Waals surface area (Å²) >= 11 is 11.8. The van der Waals surface area contributed by atoms with Crippen LogP contribution in [0.5, 0.6) is 5.75 Å². The average Bonchev–Trinajstić information content (AvgIpc) is 2.61. The van der Waals surface area contributed by atoms with Crippen molar-refractivity contribution >= 4 is 41.0 Å². The molecule has 1 saturated carbocycles. The molecule has 7 nitrogen and oxygen atoms in total. The molecule has 3 N–H and O–H groups in total. The summed E-state index contributed by atoms with van der Waals surface area (Å²) in [6.45, 7) is 1.49. The van der Waals surface area contributed by atoms with E-state index >= 15 is 0 Å². The molecule has 0 radical (unpaired) electrons. The molecule has 1 fully saturated rings. The van der Waals surface area contributed by atoms with Crippen molar-refractivity contribution in [3.63, 3.8) is 0 Å². The Morgan fingerprint density at radius 2 is 1.81 bits per heavy atom. The summed E-state index contributed by atoms with van der Waals surface area (Å²) in [5, 5.41) is 9.92. The molecule has 1 aliphatic carbocycles. The largest absolute Gasteiger partial charge is 0.481 e. The fraction of sp³-hybridized carbons (Fsp3) is 0.471. The van der Waals surface area contributed by atoms with Gasteiger partial charge in [0.15, 0.2) is 6.10 Å². The fourth-order valence-electron chi connectivity index (χ4n) is 2.87. The van der Waals surface area contributed by atoms with Crippen molar-refractivity contribution < 1.29 is 24.2 Å². The van der Waals surface area contributed by atoms with Crippen LogP contribution < -0.4 is 15.6 Å². The number of hydrogen-bond acceptors (Lipinski definition) is 4. The van der Waals surface area contributed by atoms with Crippen molar-refractivity contribution in [2.75, 3.05) is 0 Å². The minimum atomic E-state index is -0.995. The molecule has 2 unspecified atom stereocenters. The van der Waals surface area contributed by atoms with E-state index in [4.69, 9.17) is 27.9 Å². The Morgan fingerprint density at radius 1 is 1.15 bits per heavy atom. The third-order valence-corrected chi connectivity index (χ3v) is 4.83. The summed E-state index contributed by atoms with van der Waals surface area (Å²) in [5.74, 6) is -3.21. The lowest BCUT2D eigenvalue weighted by Crippen LogP contribution is -2.51. The second kappa shape index (κ2) is 9.09. The van der Waals surface area contributed by atoms with Crippen molar-refractivity contribution in [2.24, 2.45) is 11.8 Å². The summed E-state index contributed by atoms with van der Waals surface area (Å²) in [7, 11) is 0. The van der Waals surface area contributed by atoms with Crippen LogP contribution in [0.3, 0.4) is 0 Å². The van der Waals surface area contributed by atoms with Crippen LogP contribution in [-0.4, -0.2) is 29.0 Å². The van der Waals surface area contributed by atoms with Gasteiger partial charge in [-0.05, 0) is 38.0 Å². The van der Waals surface area contributed by atoms with Gasteiger partial charge >= 0.3 is 5.97 Å². The van der Waals surface area contributed by atoms with E-state index in [1.165, 1.54) is 19.1 Å². The molecule has 3 atom stereocenters. The monoisotopic (exact) mass is 402 g/mol. The van der Waals surface area contributed by atoms with E-state index in [0.29, 0.717) is 17.9 Å². The van der Waals surface area contributed by atoms with Crippen LogP contribution in [0.15, 0.2) is 18.2 Å². The summed E-state index contributed by atoms with van der Waals surface area (Å²) in [6.07, 6.45) is 1.56. The van der Waals surface area contributed by atoms with Gasteiger partial charge in [0.2, 0.25) is 5.91 Å². The number of carbonyl (C=O) groups is 3. The fourth-order valence-corrected chi connectivity index (χ4v) is 3.33. The van der Waals surface area contributed by atoms with Crippen LogP contribution >= 0.6 is 23.2 Å². The molecule has 0 heterocycles. The highest BCUT2D eigenvalue weighted by atomic mass is 35.5. The number of halogens is 2. The molecular formula is C17H20Cl2N2O5. The van der Waals surface area contributed by atoms with Gasteiger partial charge in [0.1, 0.15) is 5.75 Å². The number of nitrogens with one attached hydrogen (secondary N) is 2. The number of carboxylic acids is 1. The summed E-state index contributed by atoms with van der Waals surface area (Å²) in [5.41, 5.74) is 4.56. The van der Waals surface area contributed by atoms with Gasteiger partial charge in [0.05, 0.1) is 16.9 Å². The highest BCUT2D eigenvalue weighted by molar-refractivity contribution is 6.35. The minimum absolute atomic E-state index is 0.257. The zero-order chi connectivity index (χ0) is 19.3. The van der Waals surface area contributed by atoms with Crippen molar-refractivity contribution in [1.29, 1.82) is 0 Å². The summed E-state index contributed by atoms with van der Waals surface area (Å²) in [6, 6.07) is 4.59. The van der Waals surface area contributed by atoms with Gasteiger partial charge in [-0.1, -0.05) is 36.0 Å². The lowest BCUT2D eigenvalue weighted by Gasteiger charge is -2.27. The third kappa shape index (κ3) is 5.25. The molecule has 26 heavy (non-hydrogen) atoms. The average molecular weight is 403 g/mol. The van der Waals surface area contributed by atoms with Crippen molar-refractivity contribution in [1.82, 2.24) is 10.9 Å². The zero-order valence-corrected chi connectivity index (χ0v) is 15.6. The van der Waals surface area contributed by atoms with Crippen LogP contribution in [0.4, 0.5) is 0 Å². The number of benzene rings is 1. The second-order valence-electron chi connectivity index (χ2n) is 6.15. The first kappa shape index (κ1) is 20.3. The minimum Gasteiger partial charge on any atom is -0.481 e. The van der Waals surface area contributed by atoms with Crippen molar-refractivity contribution in [3.05, 3.63) is 28.2 Å². The predicted molar refractivity (Wildman–Crippen MR) is 95.9 cm³/mol. The molecule has 0 bridgehead atoms. The zero-order valence-electron chi connectivity index (χ0n) is 14.1. The van der Waals surface area contributed by atoms with Crippen LogP contribution in [0.25, 0.3) is 0 Å². The molecule has 0 aliphatic heterocycles. The highest BCUT2D eigenvalue weighted by Crippen LogP contribution is 2.30. The van der Waals surface area contributed by atoms with Crippen molar-refractivity contribution in [2.45, 2.75) is 38.7 Å². The molecule has 0 aromatic heterocycles. The van der Waals surface area contributed by atoms with Crippen molar-refractivity contribution in [3.8, 4) is 5.75 Å². The Labute approximate surface area is 161 Å². The molecule has 1 aliphatic rings. The smallest absolute Gasteiger partial charge is 0.307 e. The van der Waals surface area contributed by atoms with Gasteiger partial charge in [-0.25, -0.2) is 0 Å². The van der Waals surface area contributed by atoms with E-state index in [1.54, 1.807) is 6.07 Å². The SMILES string of the molecule is CC(Oc1ccc(Cl)cc1Cl)C(=O)NNC(=O)C1CCCC[C@@H]1C(=O)O. The van der Waals surface area contributed by atoms with Gasteiger partial charge in [-0.15, -0.1) is 0 Å². The van der Waals surface area contributed by atoms with Gasteiger partial charge in [-0.2, -0.15) is 0 Å². The second-order valence-corrected chi connectivity index (χ2v) is 6.99. The molecular weight excluding hydrogens is 383 g/mol. The third-order valence-electron chi connectivity index (χ3n) is 4.30. The van der Waals surface area contributed by atoms with Gasteiger partial charge in [0, 0.05) is 5.02 Å². The molecule has 142 valence electrons. The first-order valence-corrected chi connectivity index (χ1v) is 8.99. The molecule has 1 aromatic rings.